The van der Waals surface area contributed by atoms with Crippen LogP contribution in [0.5, 0.6) is 11.5 Å². The quantitative estimate of drug-likeness (QED) is 0.178. The predicted octanol–water partition coefficient (Wildman–Crippen LogP) is 1.66. The number of nitrogens with zero attached hydrogens (tertiary/aromatic N) is 6. The number of hydrogen-bond acceptors (Lipinski definition) is 13. The van der Waals surface area contributed by atoms with Crippen LogP contribution in [0.1, 0.15) is 45.0 Å². The summed E-state index contributed by atoms with van der Waals surface area (Å²) in [4.78, 5) is 24.3. The Morgan fingerprint density at radius 3 is 2.76 bits per heavy atom. The standard InChI is InChI=1S/C22H22N8O7/c1-4-34-17-9-13(5-7-15(17)35-11-14-6-8-16(36-14)22(32)33-3)10-24-26-21(31)18-12(2)25-29-30(18)20-19(23)27-37-28-20/h5-10H,4,11H2,1-3H3,(H2,23,27)(H,26,31)/b24-10+. The number of nitrogens with two attached hydrogens (primary N) is 1. The van der Waals surface area contributed by atoms with Crippen LogP contribution in [-0.2, 0) is 11.3 Å². The monoisotopic (exact) mass is 510 g/mol. The average Bonchev–Trinajstić information content (AvgIpc) is 3.63. The lowest BCUT2D eigenvalue weighted by atomic mass is 10.2. The number of methoxy groups -OCH3 is 1. The number of ether oxygens (including phenoxy) is 3. The second-order valence-corrected chi connectivity index (χ2v) is 7.29. The van der Waals surface area contributed by atoms with E-state index in [2.05, 4.69) is 40.5 Å². The highest BCUT2D eigenvalue weighted by atomic mass is 16.6. The van der Waals surface area contributed by atoms with Crippen molar-refractivity contribution in [3.8, 4) is 17.3 Å². The number of aromatic nitrogens is 5. The zero-order valence-electron chi connectivity index (χ0n) is 20.0. The van der Waals surface area contributed by atoms with Crippen LogP contribution < -0.4 is 20.6 Å². The van der Waals surface area contributed by atoms with E-state index in [4.69, 9.17) is 19.6 Å². The summed E-state index contributed by atoms with van der Waals surface area (Å²) in [6.45, 7) is 3.87. The van der Waals surface area contributed by atoms with E-state index >= 15 is 0 Å². The molecule has 3 heterocycles. The molecule has 0 radical (unpaired) electrons. The normalized spacial score (nSPS) is 11.0. The lowest BCUT2D eigenvalue weighted by Crippen LogP contribution is -2.22. The molecule has 15 heteroatoms. The Hall–Kier alpha value is -5.21. The molecule has 0 atom stereocenters. The lowest BCUT2D eigenvalue weighted by Gasteiger charge is -2.11. The summed E-state index contributed by atoms with van der Waals surface area (Å²) in [5.74, 6) is 0.210. The molecule has 1 aromatic carbocycles. The fraction of sp³-hybridized carbons (Fsp3) is 0.227. The number of nitrogen functional groups attached to an aromatic ring is 1. The largest absolute Gasteiger partial charge is 0.490 e. The van der Waals surface area contributed by atoms with Crippen LogP contribution in [0.4, 0.5) is 5.82 Å². The second-order valence-electron chi connectivity index (χ2n) is 7.29. The fourth-order valence-electron chi connectivity index (χ4n) is 3.13. The Labute approximate surface area is 209 Å². The molecule has 192 valence electrons. The van der Waals surface area contributed by atoms with Crippen LogP contribution in [-0.4, -0.2) is 57.1 Å². The summed E-state index contributed by atoms with van der Waals surface area (Å²) in [6.07, 6.45) is 1.43. The molecule has 3 N–H and O–H groups in total. The van der Waals surface area contributed by atoms with Crippen LogP contribution in [0.15, 0.2) is 44.5 Å². The SMILES string of the molecule is CCOc1cc(/C=N/NC(=O)c2c(C)nnn2-c2nonc2N)ccc1OCc1ccc(C(=O)OC)o1. The number of hydrazone groups is 1. The fourth-order valence-corrected chi connectivity index (χ4v) is 3.13. The summed E-state index contributed by atoms with van der Waals surface area (Å²) >= 11 is 0. The number of carbonyl (C=O) groups is 2. The van der Waals surface area contributed by atoms with Crippen molar-refractivity contribution in [3.05, 3.63) is 58.8 Å². The minimum absolute atomic E-state index is 0.0303. The molecule has 0 aliphatic heterocycles. The van der Waals surface area contributed by atoms with E-state index in [-0.39, 0.29) is 29.7 Å². The number of amides is 1. The zero-order chi connectivity index (χ0) is 26.4. The molecular formula is C22H22N8O7. The Morgan fingerprint density at radius 2 is 2.03 bits per heavy atom. The molecule has 0 bridgehead atoms. The number of furan rings is 1. The molecule has 0 saturated carbocycles. The molecule has 0 spiro atoms. The first-order chi connectivity index (χ1) is 17.9. The van der Waals surface area contributed by atoms with Gasteiger partial charge in [0.1, 0.15) is 12.4 Å². The van der Waals surface area contributed by atoms with Gasteiger partial charge in [0.05, 0.1) is 25.6 Å². The number of benzene rings is 1. The van der Waals surface area contributed by atoms with Crippen molar-refractivity contribution in [2.24, 2.45) is 5.10 Å². The van der Waals surface area contributed by atoms with Crippen molar-refractivity contribution in [2.75, 3.05) is 19.5 Å². The number of carbonyl (C=O) groups excluding carboxylic acids is 2. The maximum Gasteiger partial charge on any atom is 0.373 e. The van der Waals surface area contributed by atoms with Gasteiger partial charge in [0, 0.05) is 0 Å². The number of hydrogen-bond donors (Lipinski definition) is 2. The molecule has 4 rings (SSSR count). The van der Waals surface area contributed by atoms with Crippen molar-refractivity contribution in [2.45, 2.75) is 20.5 Å². The Morgan fingerprint density at radius 1 is 1.19 bits per heavy atom. The van der Waals surface area contributed by atoms with E-state index in [0.717, 1.165) is 4.68 Å². The van der Waals surface area contributed by atoms with Crippen LogP contribution in [0.2, 0.25) is 0 Å². The van der Waals surface area contributed by atoms with Crippen LogP contribution in [0, 0.1) is 6.92 Å². The summed E-state index contributed by atoms with van der Waals surface area (Å²) in [5, 5.41) is 18.8. The van der Waals surface area contributed by atoms with Gasteiger partial charge in [0.2, 0.25) is 17.4 Å². The number of rotatable bonds is 10. The summed E-state index contributed by atoms with van der Waals surface area (Å²) in [7, 11) is 1.27. The topological polar surface area (TPSA) is 195 Å². The Kier molecular flexibility index (Phi) is 7.42. The van der Waals surface area contributed by atoms with Crippen molar-refractivity contribution in [1.29, 1.82) is 0 Å². The minimum atomic E-state index is -0.601. The number of esters is 1. The van der Waals surface area contributed by atoms with Gasteiger partial charge in [-0.25, -0.2) is 14.8 Å². The van der Waals surface area contributed by atoms with Gasteiger partial charge in [-0.05, 0) is 60.1 Å². The smallest absolute Gasteiger partial charge is 0.373 e. The highest BCUT2D eigenvalue weighted by Gasteiger charge is 2.22. The van der Waals surface area contributed by atoms with Crippen LogP contribution in [0.3, 0.4) is 0 Å². The predicted molar refractivity (Wildman–Crippen MR) is 125 cm³/mol. The number of nitrogens with one attached hydrogen (secondary N) is 1. The minimum Gasteiger partial charge on any atom is -0.490 e. The average molecular weight is 510 g/mol. The number of anilines is 1. The molecule has 0 saturated heterocycles. The summed E-state index contributed by atoms with van der Waals surface area (Å²) in [6, 6.07) is 8.21. The lowest BCUT2D eigenvalue weighted by molar-refractivity contribution is 0.0560. The van der Waals surface area contributed by atoms with Gasteiger partial charge in [-0.1, -0.05) is 5.21 Å². The van der Waals surface area contributed by atoms with E-state index in [9.17, 15) is 9.59 Å². The van der Waals surface area contributed by atoms with E-state index in [1.165, 1.54) is 19.4 Å². The maximum atomic E-state index is 12.7. The second kappa shape index (κ2) is 11.0. The Balaban J connectivity index is 1.43. The molecule has 0 fully saturated rings. The summed E-state index contributed by atoms with van der Waals surface area (Å²) in [5.41, 5.74) is 9.11. The third-order valence-electron chi connectivity index (χ3n) is 4.82. The van der Waals surface area contributed by atoms with Gasteiger partial charge < -0.3 is 24.4 Å². The molecular weight excluding hydrogens is 488 g/mol. The number of aryl methyl sites for hydroxylation is 1. The summed E-state index contributed by atoms with van der Waals surface area (Å²) < 4.78 is 27.2. The first-order valence-electron chi connectivity index (χ1n) is 10.8. The molecule has 1 amide bonds. The van der Waals surface area contributed by atoms with Crippen molar-refractivity contribution < 1.29 is 32.8 Å². The highest BCUT2D eigenvalue weighted by Crippen LogP contribution is 2.29. The van der Waals surface area contributed by atoms with Gasteiger partial charge in [0.25, 0.3) is 5.91 Å². The van der Waals surface area contributed by atoms with Crippen molar-refractivity contribution >= 4 is 23.9 Å². The highest BCUT2D eigenvalue weighted by molar-refractivity contribution is 5.95. The van der Waals surface area contributed by atoms with E-state index in [1.807, 2.05) is 6.92 Å². The van der Waals surface area contributed by atoms with Gasteiger partial charge in [-0.2, -0.15) is 9.78 Å². The molecule has 4 aromatic rings. The van der Waals surface area contributed by atoms with E-state index < -0.39 is 11.9 Å². The van der Waals surface area contributed by atoms with Gasteiger partial charge in [-0.15, -0.1) is 5.10 Å². The third kappa shape index (κ3) is 5.55. The third-order valence-corrected chi connectivity index (χ3v) is 4.82. The van der Waals surface area contributed by atoms with Gasteiger partial charge in [-0.3, -0.25) is 4.79 Å². The van der Waals surface area contributed by atoms with E-state index in [0.29, 0.717) is 35.1 Å². The molecule has 0 unspecified atom stereocenters. The molecule has 3 aromatic heterocycles. The first-order valence-corrected chi connectivity index (χ1v) is 10.8. The first kappa shape index (κ1) is 24.9. The van der Waals surface area contributed by atoms with Gasteiger partial charge >= 0.3 is 5.97 Å². The van der Waals surface area contributed by atoms with Gasteiger partial charge in [0.15, 0.2) is 17.2 Å². The Bertz CT molecular complexity index is 1440. The zero-order valence-corrected chi connectivity index (χ0v) is 20.0. The maximum absolute atomic E-state index is 12.7. The van der Waals surface area contributed by atoms with Crippen molar-refractivity contribution in [1.82, 2.24) is 30.7 Å². The molecule has 0 aliphatic rings. The van der Waals surface area contributed by atoms with Crippen LogP contribution >= 0.6 is 0 Å². The molecule has 37 heavy (non-hydrogen) atoms. The van der Waals surface area contributed by atoms with E-state index in [1.54, 1.807) is 31.2 Å². The molecule has 0 aliphatic carbocycles. The van der Waals surface area contributed by atoms with Crippen molar-refractivity contribution in [3.63, 3.8) is 0 Å². The van der Waals surface area contributed by atoms with Crippen LogP contribution in [0.25, 0.3) is 5.82 Å². The molecule has 15 nitrogen and oxygen atoms in total.